The quantitative estimate of drug-likeness (QED) is 0.407. The molecule has 2 heterocycles. The first-order chi connectivity index (χ1) is 16.5. The number of imide groups is 1. The van der Waals surface area contributed by atoms with E-state index in [0.717, 1.165) is 31.0 Å². The molecule has 2 aromatic heterocycles. The van der Waals surface area contributed by atoms with Gasteiger partial charge in [-0.25, -0.2) is 9.78 Å². The Morgan fingerprint density at radius 2 is 1.74 bits per heavy atom. The molecular weight excluding hydrogens is 468 g/mol. The third-order valence-electron chi connectivity index (χ3n) is 7.48. The fourth-order valence-corrected chi connectivity index (χ4v) is 8.24. The number of hydrogen-bond acceptors (Lipinski definition) is 6. The second-order valence-electron chi connectivity index (χ2n) is 10.00. The van der Waals surface area contributed by atoms with Crippen LogP contribution in [0, 0.1) is 17.8 Å². The number of rotatable bonds is 5. The largest absolute Gasteiger partial charge is 0.332 e. The van der Waals surface area contributed by atoms with Crippen molar-refractivity contribution in [2.45, 2.75) is 49.2 Å². The molecular formula is C25H26N4O3S2. The van der Waals surface area contributed by atoms with E-state index < -0.39 is 11.9 Å². The van der Waals surface area contributed by atoms with Crippen molar-refractivity contribution in [2.75, 3.05) is 5.75 Å². The summed E-state index contributed by atoms with van der Waals surface area (Å²) in [5.41, 5.74) is 0.377. The second kappa shape index (κ2) is 8.53. The molecule has 34 heavy (non-hydrogen) atoms. The first-order valence-corrected chi connectivity index (χ1v) is 13.6. The lowest BCUT2D eigenvalue weighted by Crippen LogP contribution is -2.61. The van der Waals surface area contributed by atoms with Crippen LogP contribution in [0.2, 0.25) is 0 Å². The smallest absolute Gasteiger partial charge is 0.321 e. The molecule has 0 spiro atoms. The summed E-state index contributed by atoms with van der Waals surface area (Å²) in [6.45, 7) is 0. The van der Waals surface area contributed by atoms with Crippen LogP contribution in [0.4, 0.5) is 4.79 Å². The maximum atomic E-state index is 13.1. The summed E-state index contributed by atoms with van der Waals surface area (Å²) in [4.78, 5) is 43.8. The number of thiophene rings is 1. The lowest BCUT2D eigenvalue weighted by atomic mass is 9.53. The monoisotopic (exact) mass is 494 g/mol. The number of para-hydroxylation sites is 1. The molecule has 1 aromatic carbocycles. The van der Waals surface area contributed by atoms with Gasteiger partial charge in [0.05, 0.1) is 16.8 Å². The van der Waals surface area contributed by atoms with Gasteiger partial charge in [-0.2, -0.15) is 0 Å². The van der Waals surface area contributed by atoms with Crippen LogP contribution < -0.4 is 16.2 Å². The zero-order valence-corrected chi connectivity index (χ0v) is 20.3. The average Bonchev–Trinajstić information content (AvgIpc) is 3.26. The van der Waals surface area contributed by atoms with Gasteiger partial charge in [0.2, 0.25) is 5.91 Å². The molecule has 2 N–H and O–H groups in total. The van der Waals surface area contributed by atoms with E-state index in [4.69, 9.17) is 0 Å². The molecule has 0 aliphatic heterocycles. The number of thioether (sulfide) groups is 1. The van der Waals surface area contributed by atoms with E-state index in [-0.39, 0.29) is 16.9 Å². The van der Waals surface area contributed by atoms with Crippen molar-refractivity contribution >= 4 is 45.3 Å². The molecule has 4 aliphatic rings. The number of aromatic nitrogens is 2. The number of urea groups is 1. The minimum absolute atomic E-state index is 0.00947. The third kappa shape index (κ3) is 4.05. The van der Waals surface area contributed by atoms with Gasteiger partial charge < -0.3 is 5.32 Å². The van der Waals surface area contributed by atoms with Crippen molar-refractivity contribution in [1.82, 2.24) is 20.2 Å². The first kappa shape index (κ1) is 21.9. The van der Waals surface area contributed by atoms with Gasteiger partial charge in [0.25, 0.3) is 5.56 Å². The average molecular weight is 495 g/mol. The number of nitrogens with one attached hydrogen (secondary N) is 2. The molecule has 0 saturated heterocycles. The number of nitrogens with zero attached hydrogens (tertiary/aromatic N) is 2. The molecule has 0 atom stereocenters. The maximum absolute atomic E-state index is 13.1. The van der Waals surface area contributed by atoms with Gasteiger partial charge in [-0.15, -0.1) is 11.3 Å². The number of fused-ring (bicyclic) bond motifs is 1. The van der Waals surface area contributed by atoms with E-state index in [1.54, 1.807) is 6.07 Å². The van der Waals surface area contributed by atoms with Gasteiger partial charge in [0, 0.05) is 5.54 Å². The molecule has 176 valence electrons. The minimum atomic E-state index is -0.408. The van der Waals surface area contributed by atoms with Crippen LogP contribution in [0.5, 0.6) is 0 Å². The zero-order valence-electron chi connectivity index (χ0n) is 18.7. The van der Waals surface area contributed by atoms with Crippen molar-refractivity contribution in [1.29, 1.82) is 0 Å². The Morgan fingerprint density at radius 1 is 1.06 bits per heavy atom. The summed E-state index contributed by atoms with van der Waals surface area (Å²) < 4.78 is 1.53. The number of carbonyl (C=O) groups excluding carboxylic acids is 2. The van der Waals surface area contributed by atoms with Gasteiger partial charge in [0.1, 0.15) is 4.83 Å². The maximum Gasteiger partial charge on any atom is 0.321 e. The van der Waals surface area contributed by atoms with E-state index in [2.05, 4.69) is 15.6 Å². The fraction of sp³-hybridized carbons (Fsp3) is 0.440. The Kier molecular flexibility index (Phi) is 5.49. The van der Waals surface area contributed by atoms with Gasteiger partial charge in [-0.1, -0.05) is 30.0 Å². The molecule has 0 unspecified atom stereocenters. The van der Waals surface area contributed by atoms with E-state index >= 15 is 0 Å². The summed E-state index contributed by atoms with van der Waals surface area (Å²) in [5.74, 6) is 1.74. The Balaban J connectivity index is 1.15. The van der Waals surface area contributed by atoms with Crippen molar-refractivity contribution in [3.63, 3.8) is 0 Å². The first-order valence-electron chi connectivity index (χ1n) is 11.8. The zero-order chi connectivity index (χ0) is 23.3. The minimum Gasteiger partial charge on any atom is -0.332 e. The summed E-state index contributed by atoms with van der Waals surface area (Å²) in [7, 11) is 0. The topological polar surface area (TPSA) is 93.1 Å². The fourth-order valence-electron chi connectivity index (χ4n) is 6.63. The molecule has 4 saturated carbocycles. The van der Waals surface area contributed by atoms with Crippen LogP contribution in [0.25, 0.3) is 15.9 Å². The highest BCUT2D eigenvalue weighted by molar-refractivity contribution is 7.99. The van der Waals surface area contributed by atoms with Crippen molar-refractivity contribution in [3.8, 4) is 5.69 Å². The van der Waals surface area contributed by atoms with E-state index in [1.165, 1.54) is 35.2 Å². The predicted octanol–water partition coefficient (Wildman–Crippen LogP) is 4.33. The Hall–Kier alpha value is -2.65. The molecule has 4 bridgehead atoms. The molecule has 0 radical (unpaired) electrons. The molecule has 4 aliphatic carbocycles. The predicted molar refractivity (Wildman–Crippen MR) is 134 cm³/mol. The Morgan fingerprint density at radius 3 is 2.41 bits per heavy atom. The van der Waals surface area contributed by atoms with Crippen LogP contribution in [0.15, 0.2) is 51.7 Å². The molecule has 3 amide bonds. The van der Waals surface area contributed by atoms with Crippen LogP contribution in [0.3, 0.4) is 0 Å². The highest BCUT2D eigenvalue weighted by Crippen LogP contribution is 2.55. The number of benzene rings is 1. The van der Waals surface area contributed by atoms with Gasteiger partial charge >= 0.3 is 6.03 Å². The number of amides is 3. The van der Waals surface area contributed by atoms with Crippen LogP contribution >= 0.6 is 23.1 Å². The second-order valence-corrected chi connectivity index (χ2v) is 11.8. The summed E-state index contributed by atoms with van der Waals surface area (Å²) in [6.07, 6.45) is 6.98. The number of carbonyl (C=O) groups is 2. The Bertz CT molecular complexity index is 1280. The van der Waals surface area contributed by atoms with E-state index in [0.29, 0.717) is 38.8 Å². The van der Waals surface area contributed by atoms with Gasteiger partial charge in [-0.3, -0.25) is 19.5 Å². The molecule has 4 fully saturated rings. The summed E-state index contributed by atoms with van der Waals surface area (Å²) in [5, 5.41) is 8.50. The van der Waals surface area contributed by atoms with Crippen LogP contribution in [0.1, 0.15) is 38.5 Å². The molecule has 3 aromatic rings. The summed E-state index contributed by atoms with van der Waals surface area (Å²) >= 11 is 2.55. The lowest BCUT2D eigenvalue weighted by molar-refractivity contribution is -0.117. The lowest BCUT2D eigenvalue weighted by Gasteiger charge is -2.56. The van der Waals surface area contributed by atoms with E-state index in [1.807, 2.05) is 35.7 Å². The van der Waals surface area contributed by atoms with Crippen LogP contribution in [-0.2, 0) is 4.79 Å². The van der Waals surface area contributed by atoms with Crippen molar-refractivity contribution < 1.29 is 9.59 Å². The van der Waals surface area contributed by atoms with Gasteiger partial charge in [-0.05, 0) is 79.9 Å². The Labute approximate surface area is 205 Å². The highest BCUT2D eigenvalue weighted by Gasteiger charge is 2.51. The number of hydrogen-bond donors (Lipinski definition) is 2. The van der Waals surface area contributed by atoms with E-state index in [9.17, 15) is 14.4 Å². The standard InChI is InChI=1S/C25H26N4O3S2/c30-20(26-23(32)28-25-11-15-8-16(12-25)10-17(9-15)13-25)14-34-24-27-21-19(6-7-33-21)22(31)29(24)18-4-2-1-3-5-18/h1-7,15-17H,8-14H2,(H2,26,28,30,32). The highest BCUT2D eigenvalue weighted by atomic mass is 32.2. The van der Waals surface area contributed by atoms with Crippen molar-refractivity contribution in [2.24, 2.45) is 17.8 Å². The third-order valence-corrected chi connectivity index (χ3v) is 9.23. The van der Waals surface area contributed by atoms with Crippen LogP contribution in [-0.4, -0.2) is 32.8 Å². The summed E-state index contributed by atoms with van der Waals surface area (Å²) in [6, 6.07) is 10.6. The molecule has 9 heteroatoms. The normalized spacial score (nSPS) is 27.1. The SMILES string of the molecule is O=C(CSc1nc2sccc2c(=O)n1-c1ccccc1)NC(=O)NC12CC3CC(CC(C3)C1)C2. The molecule has 7 nitrogen and oxygen atoms in total. The van der Waals surface area contributed by atoms with Gasteiger partial charge in [0.15, 0.2) is 5.16 Å². The van der Waals surface area contributed by atoms with Crippen molar-refractivity contribution in [3.05, 3.63) is 52.1 Å². The molecule has 7 rings (SSSR count).